The summed E-state index contributed by atoms with van der Waals surface area (Å²) in [5.74, 6) is 1.33. The van der Waals surface area contributed by atoms with E-state index in [1.807, 2.05) is 6.20 Å². The Labute approximate surface area is 136 Å². The zero-order chi connectivity index (χ0) is 16.7. The lowest BCUT2D eigenvalue weighted by molar-refractivity contribution is 0.170. The molecule has 0 radical (unpaired) electrons. The van der Waals surface area contributed by atoms with Gasteiger partial charge in [0.05, 0.1) is 0 Å². The van der Waals surface area contributed by atoms with Gasteiger partial charge in [0.25, 0.3) is 0 Å². The van der Waals surface area contributed by atoms with E-state index in [4.69, 9.17) is 5.73 Å². The van der Waals surface area contributed by atoms with Crippen molar-refractivity contribution >= 4 is 11.5 Å². The molecule has 7 heteroatoms. The van der Waals surface area contributed by atoms with Crippen LogP contribution in [-0.2, 0) is 0 Å². The number of anilines is 2. The molecule has 1 fully saturated rings. The molecule has 23 heavy (non-hydrogen) atoms. The Balaban J connectivity index is 1.85. The van der Waals surface area contributed by atoms with Gasteiger partial charge in [-0.3, -0.25) is 4.57 Å². The van der Waals surface area contributed by atoms with Gasteiger partial charge < -0.3 is 16.4 Å². The monoisotopic (exact) mass is 315 g/mol. The van der Waals surface area contributed by atoms with Gasteiger partial charge in [-0.25, -0.2) is 15.0 Å². The van der Waals surface area contributed by atoms with Crippen LogP contribution < -0.4 is 16.4 Å². The van der Waals surface area contributed by atoms with Crippen LogP contribution >= 0.6 is 0 Å². The van der Waals surface area contributed by atoms with E-state index in [1.165, 1.54) is 6.33 Å². The van der Waals surface area contributed by atoms with Crippen LogP contribution in [0, 0.1) is 0 Å². The quantitative estimate of drug-likeness (QED) is 0.802. The fourth-order valence-electron chi connectivity index (χ4n) is 3.71. The highest BCUT2D eigenvalue weighted by molar-refractivity contribution is 5.69. The molecule has 2 aromatic rings. The van der Waals surface area contributed by atoms with Crippen LogP contribution in [0.5, 0.6) is 0 Å². The summed E-state index contributed by atoms with van der Waals surface area (Å²) in [6.07, 6.45) is 8.73. The fraction of sp³-hybridized carbons (Fsp3) is 0.562. The Morgan fingerprint density at radius 2 is 1.91 bits per heavy atom. The molecule has 0 spiro atoms. The third kappa shape index (κ3) is 3.44. The van der Waals surface area contributed by atoms with E-state index in [0.717, 1.165) is 12.8 Å². The average molecular weight is 315 g/mol. The molecule has 0 amide bonds. The van der Waals surface area contributed by atoms with Crippen molar-refractivity contribution in [2.75, 3.05) is 11.1 Å². The molecule has 1 saturated heterocycles. The van der Waals surface area contributed by atoms with E-state index in [1.54, 1.807) is 17.1 Å². The van der Waals surface area contributed by atoms with Gasteiger partial charge in [0, 0.05) is 29.5 Å². The summed E-state index contributed by atoms with van der Waals surface area (Å²) in [7, 11) is 0. The molecule has 0 saturated carbocycles. The maximum Gasteiger partial charge on any atom is 0.166 e. The number of nitrogen functional groups attached to an aromatic ring is 1. The third-order valence-corrected chi connectivity index (χ3v) is 4.14. The number of aromatic nitrogens is 4. The number of nitrogens with two attached hydrogens (primary N) is 1. The number of nitrogens with zero attached hydrogens (tertiary/aromatic N) is 4. The summed E-state index contributed by atoms with van der Waals surface area (Å²) in [4.78, 5) is 12.6. The van der Waals surface area contributed by atoms with Gasteiger partial charge in [0.2, 0.25) is 0 Å². The third-order valence-electron chi connectivity index (χ3n) is 4.14. The van der Waals surface area contributed by atoms with Crippen molar-refractivity contribution in [2.45, 2.75) is 57.7 Å². The second-order valence-electron chi connectivity index (χ2n) is 7.57. The van der Waals surface area contributed by atoms with Crippen LogP contribution in [0.1, 0.15) is 40.5 Å². The Hall–Kier alpha value is -2.15. The van der Waals surface area contributed by atoms with Gasteiger partial charge in [-0.1, -0.05) is 0 Å². The van der Waals surface area contributed by atoms with E-state index in [0.29, 0.717) is 23.4 Å². The SMILES string of the molecule is CC1(C)CC(Nc2ncnc(-n3ccnc3)c2N)CC(C)(C)N1. The van der Waals surface area contributed by atoms with Crippen LogP contribution in [-0.4, -0.2) is 36.6 Å². The molecule has 3 heterocycles. The lowest BCUT2D eigenvalue weighted by Crippen LogP contribution is -2.60. The molecule has 3 rings (SSSR count). The normalized spacial score (nSPS) is 20.3. The molecule has 124 valence electrons. The number of imidazole rings is 1. The molecular formula is C16H25N7. The summed E-state index contributed by atoms with van der Waals surface area (Å²) in [6.45, 7) is 8.90. The standard InChI is InChI=1S/C16H25N7/c1-15(2)7-11(8-16(3,4)22-15)21-13-12(17)14(20-9-19-13)23-6-5-18-10-23/h5-6,9-11,22H,7-8,17H2,1-4H3,(H,19,20,21). The van der Waals surface area contributed by atoms with Crippen molar-refractivity contribution in [3.8, 4) is 5.82 Å². The van der Waals surface area contributed by atoms with Crippen molar-refractivity contribution in [1.82, 2.24) is 24.8 Å². The Kier molecular flexibility index (Phi) is 3.75. The first-order valence-electron chi connectivity index (χ1n) is 7.90. The van der Waals surface area contributed by atoms with Crippen molar-refractivity contribution in [2.24, 2.45) is 0 Å². The summed E-state index contributed by atoms with van der Waals surface area (Å²) >= 11 is 0. The molecule has 0 atom stereocenters. The highest BCUT2D eigenvalue weighted by Crippen LogP contribution is 2.31. The van der Waals surface area contributed by atoms with Crippen LogP contribution in [0.15, 0.2) is 25.0 Å². The zero-order valence-electron chi connectivity index (χ0n) is 14.2. The molecule has 7 nitrogen and oxygen atoms in total. The molecule has 2 aromatic heterocycles. The molecule has 1 aliphatic heterocycles. The Morgan fingerprint density at radius 1 is 1.22 bits per heavy atom. The molecule has 0 aromatic carbocycles. The van der Waals surface area contributed by atoms with Gasteiger partial charge in [-0.05, 0) is 40.5 Å². The second-order valence-corrected chi connectivity index (χ2v) is 7.57. The van der Waals surface area contributed by atoms with Crippen LogP contribution in [0.3, 0.4) is 0 Å². The Morgan fingerprint density at radius 3 is 2.52 bits per heavy atom. The number of nitrogens with one attached hydrogen (secondary N) is 2. The minimum absolute atomic E-state index is 0.0639. The van der Waals surface area contributed by atoms with E-state index in [9.17, 15) is 0 Å². The van der Waals surface area contributed by atoms with Gasteiger partial charge in [0.15, 0.2) is 11.6 Å². The lowest BCUT2D eigenvalue weighted by Gasteiger charge is -2.46. The largest absolute Gasteiger partial charge is 0.393 e. The first kappa shape index (κ1) is 15.7. The predicted molar refractivity (Wildman–Crippen MR) is 91.5 cm³/mol. The van der Waals surface area contributed by atoms with Crippen LogP contribution in [0.4, 0.5) is 11.5 Å². The maximum absolute atomic E-state index is 6.28. The second kappa shape index (κ2) is 5.49. The molecule has 0 bridgehead atoms. The maximum atomic E-state index is 6.28. The van der Waals surface area contributed by atoms with E-state index in [-0.39, 0.29) is 11.1 Å². The van der Waals surface area contributed by atoms with Crippen molar-refractivity contribution < 1.29 is 0 Å². The van der Waals surface area contributed by atoms with Crippen molar-refractivity contribution in [3.05, 3.63) is 25.0 Å². The van der Waals surface area contributed by atoms with E-state index in [2.05, 4.69) is 53.3 Å². The number of hydrogen-bond acceptors (Lipinski definition) is 6. The molecule has 0 unspecified atom stereocenters. The smallest absolute Gasteiger partial charge is 0.166 e. The Bertz CT molecular complexity index is 660. The zero-order valence-corrected chi connectivity index (χ0v) is 14.2. The van der Waals surface area contributed by atoms with Gasteiger partial charge >= 0.3 is 0 Å². The summed E-state index contributed by atoms with van der Waals surface area (Å²) < 4.78 is 1.79. The molecule has 0 aliphatic carbocycles. The molecule has 4 N–H and O–H groups in total. The first-order chi connectivity index (χ1) is 10.8. The molecule has 1 aliphatic rings. The number of hydrogen-bond donors (Lipinski definition) is 3. The summed E-state index contributed by atoms with van der Waals surface area (Å²) in [5.41, 5.74) is 6.94. The average Bonchev–Trinajstić information content (AvgIpc) is 2.91. The predicted octanol–water partition coefficient (Wildman–Crippen LogP) is 1.97. The van der Waals surface area contributed by atoms with Crippen molar-refractivity contribution in [3.63, 3.8) is 0 Å². The summed E-state index contributed by atoms with van der Waals surface area (Å²) in [5, 5.41) is 7.19. The van der Waals surface area contributed by atoms with Crippen LogP contribution in [0.25, 0.3) is 5.82 Å². The van der Waals surface area contributed by atoms with E-state index < -0.39 is 0 Å². The van der Waals surface area contributed by atoms with Crippen molar-refractivity contribution in [1.29, 1.82) is 0 Å². The highest BCUT2D eigenvalue weighted by Gasteiger charge is 2.37. The number of piperidine rings is 1. The minimum atomic E-state index is 0.0639. The summed E-state index contributed by atoms with van der Waals surface area (Å²) in [6, 6.07) is 0.300. The van der Waals surface area contributed by atoms with E-state index >= 15 is 0 Å². The first-order valence-corrected chi connectivity index (χ1v) is 7.90. The minimum Gasteiger partial charge on any atom is -0.393 e. The fourth-order valence-corrected chi connectivity index (χ4v) is 3.71. The number of rotatable bonds is 3. The topological polar surface area (TPSA) is 93.7 Å². The highest BCUT2D eigenvalue weighted by atomic mass is 15.2. The van der Waals surface area contributed by atoms with Gasteiger partial charge in [0.1, 0.15) is 18.3 Å². The van der Waals surface area contributed by atoms with Crippen LogP contribution in [0.2, 0.25) is 0 Å². The molecular weight excluding hydrogens is 290 g/mol. The lowest BCUT2D eigenvalue weighted by atomic mass is 9.79. The van der Waals surface area contributed by atoms with Gasteiger partial charge in [-0.2, -0.15) is 0 Å². The van der Waals surface area contributed by atoms with Gasteiger partial charge in [-0.15, -0.1) is 0 Å².